The van der Waals surface area contributed by atoms with Gasteiger partial charge >= 0.3 is 12.2 Å². The van der Waals surface area contributed by atoms with Crippen LogP contribution in [0.4, 0.5) is 15.3 Å². The first-order valence-electron chi connectivity index (χ1n) is 8.99. The number of benzene rings is 1. The number of ether oxygens (including phenoxy) is 2. The highest BCUT2D eigenvalue weighted by atomic mass is 79.9. The van der Waals surface area contributed by atoms with Gasteiger partial charge in [0.2, 0.25) is 0 Å². The summed E-state index contributed by atoms with van der Waals surface area (Å²) in [6.45, 7) is 11.9. The van der Waals surface area contributed by atoms with E-state index in [-0.39, 0.29) is 6.09 Å². The van der Waals surface area contributed by atoms with Crippen molar-refractivity contribution in [1.82, 2.24) is 4.90 Å². The zero-order valence-corrected chi connectivity index (χ0v) is 18.9. The van der Waals surface area contributed by atoms with Gasteiger partial charge in [0.05, 0.1) is 5.69 Å². The number of nitrogens with zero attached hydrogens (tertiary/aromatic N) is 2. The molecule has 7 heteroatoms. The lowest BCUT2D eigenvalue weighted by atomic mass is 10.2. The summed E-state index contributed by atoms with van der Waals surface area (Å²) in [5, 5.41) is 0. The highest BCUT2D eigenvalue weighted by Crippen LogP contribution is 2.27. The molecule has 2 amide bonds. The topological polar surface area (TPSA) is 59.1 Å². The molecule has 0 aliphatic heterocycles. The lowest BCUT2D eigenvalue weighted by Crippen LogP contribution is -2.39. The summed E-state index contributed by atoms with van der Waals surface area (Å²) in [6.07, 6.45) is -0.224. The molecule has 1 aromatic carbocycles. The van der Waals surface area contributed by atoms with Crippen molar-refractivity contribution in [3.8, 4) is 0 Å². The van der Waals surface area contributed by atoms with Crippen molar-refractivity contribution in [2.75, 3.05) is 25.0 Å². The van der Waals surface area contributed by atoms with Crippen LogP contribution in [-0.2, 0) is 9.47 Å². The number of halogens is 1. The zero-order chi connectivity index (χ0) is 20.8. The Hall–Kier alpha value is -1.76. The Kier molecular flexibility index (Phi) is 8.14. The standard InChI is InChI=1S/C20H31BrN2O4/c1-19(2,3)26-17(24)22(7)13-10-14-23(18(25)27-20(4,5)6)16-12-9-8-11-15(16)21/h8-9,11-12H,10,13-14H2,1-7H3. The molecule has 1 rings (SSSR count). The van der Waals surface area contributed by atoms with Crippen LogP contribution in [0.1, 0.15) is 48.0 Å². The van der Waals surface area contributed by atoms with E-state index in [1.807, 2.05) is 65.8 Å². The van der Waals surface area contributed by atoms with Crippen LogP contribution in [0.25, 0.3) is 0 Å². The molecule has 0 atom stereocenters. The molecule has 0 aliphatic carbocycles. The third-order valence-electron chi connectivity index (χ3n) is 3.34. The average molecular weight is 443 g/mol. The van der Waals surface area contributed by atoms with Gasteiger partial charge in [0.25, 0.3) is 0 Å². The van der Waals surface area contributed by atoms with E-state index in [2.05, 4.69) is 15.9 Å². The number of carbonyl (C=O) groups is 2. The molecule has 0 N–H and O–H groups in total. The predicted molar refractivity (Wildman–Crippen MR) is 111 cm³/mol. The first kappa shape index (κ1) is 23.3. The molecule has 0 unspecified atom stereocenters. The summed E-state index contributed by atoms with van der Waals surface area (Å²) in [6, 6.07) is 7.48. The van der Waals surface area contributed by atoms with Crippen LogP contribution in [0.2, 0.25) is 0 Å². The van der Waals surface area contributed by atoms with Crippen LogP contribution < -0.4 is 4.90 Å². The number of hydrogen-bond acceptors (Lipinski definition) is 4. The fourth-order valence-electron chi connectivity index (χ4n) is 2.19. The smallest absolute Gasteiger partial charge is 0.414 e. The van der Waals surface area contributed by atoms with E-state index in [9.17, 15) is 9.59 Å². The van der Waals surface area contributed by atoms with Crippen LogP contribution in [0.15, 0.2) is 28.7 Å². The van der Waals surface area contributed by atoms with Crippen molar-refractivity contribution < 1.29 is 19.1 Å². The zero-order valence-electron chi connectivity index (χ0n) is 17.3. The molecule has 0 radical (unpaired) electrons. The Balaban J connectivity index is 2.80. The van der Waals surface area contributed by atoms with Gasteiger partial charge in [0, 0.05) is 24.6 Å². The molecule has 0 aliphatic rings. The minimum absolute atomic E-state index is 0.382. The Bertz CT molecular complexity index is 650. The summed E-state index contributed by atoms with van der Waals surface area (Å²) < 4.78 is 11.7. The first-order valence-corrected chi connectivity index (χ1v) is 9.78. The molecule has 0 bridgehead atoms. The highest BCUT2D eigenvalue weighted by Gasteiger charge is 2.25. The third kappa shape index (κ3) is 8.65. The van der Waals surface area contributed by atoms with Gasteiger partial charge in [-0.15, -0.1) is 0 Å². The van der Waals surface area contributed by atoms with E-state index in [4.69, 9.17) is 9.47 Å². The van der Waals surface area contributed by atoms with Crippen LogP contribution in [0, 0.1) is 0 Å². The number of para-hydroxylation sites is 1. The van der Waals surface area contributed by atoms with Crippen molar-refractivity contribution in [2.24, 2.45) is 0 Å². The van der Waals surface area contributed by atoms with Crippen molar-refractivity contribution in [1.29, 1.82) is 0 Å². The monoisotopic (exact) mass is 442 g/mol. The van der Waals surface area contributed by atoms with Gasteiger partial charge in [-0.05, 0) is 76.0 Å². The number of rotatable bonds is 5. The van der Waals surface area contributed by atoms with Crippen molar-refractivity contribution in [3.05, 3.63) is 28.7 Å². The quantitative estimate of drug-likeness (QED) is 0.608. The second-order valence-corrected chi connectivity index (χ2v) is 9.19. The molecule has 0 aromatic heterocycles. The minimum atomic E-state index is -0.593. The predicted octanol–water partition coefficient (Wildman–Crippen LogP) is 5.45. The first-order chi connectivity index (χ1) is 12.3. The number of carbonyl (C=O) groups excluding carboxylic acids is 2. The highest BCUT2D eigenvalue weighted by molar-refractivity contribution is 9.10. The van der Waals surface area contributed by atoms with Crippen molar-refractivity contribution in [2.45, 2.75) is 59.2 Å². The minimum Gasteiger partial charge on any atom is -0.444 e. The lowest BCUT2D eigenvalue weighted by Gasteiger charge is -2.29. The average Bonchev–Trinajstić information content (AvgIpc) is 2.49. The number of anilines is 1. The molecular weight excluding hydrogens is 412 g/mol. The number of amides is 2. The second kappa shape index (κ2) is 9.44. The van der Waals surface area contributed by atoms with Crippen LogP contribution >= 0.6 is 15.9 Å². The molecule has 152 valence electrons. The van der Waals surface area contributed by atoms with E-state index in [1.165, 1.54) is 4.90 Å². The molecule has 1 aromatic rings. The van der Waals surface area contributed by atoms with E-state index in [0.29, 0.717) is 19.5 Å². The summed E-state index contributed by atoms with van der Waals surface area (Å²) in [5.41, 5.74) is -0.404. The SMILES string of the molecule is CN(CCCN(C(=O)OC(C)(C)C)c1ccccc1Br)C(=O)OC(C)(C)C. The van der Waals surface area contributed by atoms with Crippen LogP contribution in [0.5, 0.6) is 0 Å². The Morgan fingerprint density at radius 2 is 1.44 bits per heavy atom. The number of hydrogen-bond donors (Lipinski definition) is 0. The van der Waals surface area contributed by atoms with Gasteiger partial charge in [0.1, 0.15) is 11.2 Å². The van der Waals surface area contributed by atoms with Gasteiger partial charge in [-0.3, -0.25) is 4.90 Å². The van der Waals surface area contributed by atoms with Crippen LogP contribution in [-0.4, -0.2) is 48.4 Å². The van der Waals surface area contributed by atoms with E-state index in [0.717, 1.165) is 10.2 Å². The largest absolute Gasteiger partial charge is 0.444 e. The fourth-order valence-corrected chi connectivity index (χ4v) is 2.69. The van der Waals surface area contributed by atoms with Gasteiger partial charge in [0.15, 0.2) is 0 Å². The van der Waals surface area contributed by atoms with Crippen molar-refractivity contribution >= 4 is 33.8 Å². The molecule has 27 heavy (non-hydrogen) atoms. The Morgan fingerprint density at radius 3 is 1.96 bits per heavy atom. The molecule has 0 heterocycles. The van der Waals surface area contributed by atoms with E-state index in [1.54, 1.807) is 11.9 Å². The summed E-state index contributed by atoms with van der Waals surface area (Å²) in [4.78, 5) is 27.9. The molecular formula is C20H31BrN2O4. The molecule has 6 nitrogen and oxygen atoms in total. The second-order valence-electron chi connectivity index (χ2n) is 8.34. The third-order valence-corrected chi connectivity index (χ3v) is 4.01. The van der Waals surface area contributed by atoms with E-state index >= 15 is 0 Å². The lowest BCUT2D eigenvalue weighted by molar-refractivity contribution is 0.0298. The van der Waals surface area contributed by atoms with Crippen LogP contribution in [0.3, 0.4) is 0 Å². The Morgan fingerprint density at radius 1 is 0.926 bits per heavy atom. The molecule has 0 spiro atoms. The molecule has 0 fully saturated rings. The Labute approximate surface area is 170 Å². The molecule has 0 saturated carbocycles. The fraction of sp³-hybridized carbons (Fsp3) is 0.600. The molecule has 0 saturated heterocycles. The van der Waals surface area contributed by atoms with E-state index < -0.39 is 17.3 Å². The maximum absolute atomic E-state index is 12.7. The van der Waals surface area contributed by atoms with Crippen molar-refractivity contribution in [3.63, 3.8) is 0 Å². The summed E-state index contributed by atoms with van der Waals surface area (Å²) >= 11 is 3.49. The van der Waals surface area contributed by atoms with Gasteiger partial charge in [-0.1, -0.05) is 12.1 Å². The normalized spacial score (nSPS) is 11.7. The summed E-state index contributed by atoms with van der Waals surface area (Å²) in [7, 11) is 1.68. The van der Waals surface area contributed by atoms with Gasteiger partial charge < -0.3 is 14.4 Å². The van der Waals surface area contributed by atoms with Gasteiger partial charge in [-0.2, -0.15) is 0 Å². The maximum Gasteiger partial charge on any atom is 0.414 e. The summed E-state index contributed by atoms with van der Waals surface area (Å²) in [5.74, 6) is 0. The van der Waals surface area contributed by atoms with Gasteiger partial charge in [-0.25, -0.2) is 9.59 Å². The maximum atomic E-state index is 12.7.